The molecular formula is C14H17NO. The van der Waals surface area contributed by atoms with Crippen molar-refractivity contribution in [3.63, 3.8) is 0 Å². The Labute approximate surface area is 95.4 Å². The van der Waals surface area contributed by atoms with Gasteiger partial charge in [-0.2, -0.15) is 0 Å². The van der Waals surface area contributed by atoms with Gasteiger partial charge in [0, 0.05) is 17.3 Å². The largest absolute Gasteiger partial charge is 0.461 e. The van der Waals surface area contributed by atoms with Gasteiger partial charge in [0.2, 0.25) is 0 Å². The smallest absolute Gasteiger partial charge is 0.134 e. The molecule has 1 aliphatic carbocycles. The third kappa shape index (κ3) is 1.85. The van der Waals surface area contributed by atoms with Crippen LogP contribution in [0.5, 0.6) is 0 Å². The second-order valence-electron chi connectivity index (χ2n) is 5.12. The highest BCUT2D eigenvalue weighted by Crippen LogP contribution is 2.37. The fraction of sp³-hybridized carbons (Fsp3) is 0.429. The molecule has 2 heteroatoms. The third-order valence-electron chi connectivity index (χ3n) is 3.49. The highest BCUT2D eigenvalue weighted by Gasteiger charge is 2.37. The van der Waals surface area contributed by atoms with Crippen LogP contribution in [-0.2, 0) is 6.42 Å². The van der Waals surface area contributed by atoms with Crippen molar-refractivity contribution in [3.8, 4) is 0 Å². The topological polar surface area (TPSA) is 39.2 Å². The number of aryl methyl sites for hydroxylation is 2. The monoisotopic (exact) mass is 215 g/mol. The van der Waals surface area contributed by atoms with Gasteiger partial charge in [0.1, 0.15) is 11.3 Å². The molecule has 0 bridgehead atoms. The number of furan rings is 1. The van der Waals surface area contributed by atoms with E-state index in [1.807, 2.05) is 0 Å². The third-order valence-corrected chi connectivity index (χ3v) is 3.49. The molecule has 1 fully saturated rings. The summed E-state index contributed by atoms with van der Waals surface area (Å²) in [5.74, 6) is 1.07. The molecule has 0 aliphatic heterocycles. The number of hydrogen-bond donors (Lipinski definition) is 1. The van der Waals surface area contributed by atoms with E-state index in [9.17, 15) is 0 Å². The maximum atomic E-state index is 6.07. The van der Waals surface area contributed by atoms with E-state index < -0.39 is 0 Å². The lowest BCUT2D eigenvalue weighted by molar-refractivity contribution is 0.507. The van der Waals surface area contributed by atoms with Crippen LogP contribution in [0.1, 0.15) is 30.6 Å². The molecule has 0 radical (unpaired) electrons. The summed E-state index contributed by atoms with van der Waals surface area (Å²) in [6.07, 6.45) is 4.36. The van der Waals surface area contributed by atoms with E-state index in [4.69, 9.17) is 10.2 Å². The van der Waals surface area contributed by atoms with Crippen LogP contribution in [0.25, 0.3) is 11.0 Å². The number of rotatable bonds is 3. The molecule has 2 N–H and O–H groups in total. The Bertz CT molecular complexity index is 523. The number of benzene rings is 1. The standard InChI is InChI=1S/C14H17NO/c1-10-2-3-11-9-12(16-13(11)8-10)4-5-14(15)6-7-14/h2-3,8-9H,4-7,15H2,1H3. The van der Waals surface area contributed by atoms with E-state index in [1.165, 1.54) is 23.8 Å². The molecule has 0 spiro atoms. The fourth-order valence-corrected chi connectivity index (χ4v) is 2.10. The fourth-order valence-electron chi connectivity index (χ4n) is 2.10. The second-order valence-corrected chi connectivity index (χ2v) is 5.12. The Hall–Kier alpha value is -1.28. The molecule has 1 aromatic carbocycles. The van der Waals surface area contributed by atoms with Crippen molar-refractivity contribution >= 4 is 11.0 Å². The van der Waals surface area contributed by atoms with Crippen molar-refractivity contribution in [2.24, 2.45) is 5.73 Å². The molecule has 1 aliphatic rings. The van der Waals surface area contributed by atoms with Crippen LogP contribution in [-0.4, -0.2) is 5.54 Å². The molecule has 16 heavy (non-hydrogen) atoms. The quantitative estimate of drug-likeness (QED) is 0.854. The maximum Gasteiger partial charge on any atom is 0.134 e. The molecule has 0 saturated heterocycles. The van der Waals surface area contributed by atoms with Gasteiger partial charge in [-0.25, -0.2) is 0 Å². The van der Waals surface area contributed by atoms with Crippen molar-refractivity contribution in [2.45, 2.75) is 38.1 Å². The van der Waals surface area contributed by atoms with E-state index in [1.54, 1.807) is 0 Å². The highest BCUT2D eigenvalue weighted by molar-refractivity contribution is 5.78. The zero-order valence-corrected chi connectivity index (χ0v) is 9.62. The summed E-state index contributed by atoms with van der Waals surface area (Å²) >= 11 is 0. The van der Waals surface area contributed by atoms with Crippen LogP contribution in [0.15, 0.2) is 28.7 Å². The molecule has 0 amide bonds. The summed E-state index contributed by atoms with van der Waals surface area (Å²) in [6, 6.07) is 8.47. The van der Waals surface area contributed by atoms with Crippen LogP contribution in [0.4, 0.5) is 0 Å². The number of fused-ring (bicyclic) bond motifs is 1. The van der Waals surface area contributed by atoms with E-state index in [-0.39, 0.29) is 5.54 Å². The number of hydrogen-bond acceptors (Lipinski definition) is 2. The van der Waals surface area contributed by atoms with Gasteiger partial charge in [-0.05, 0) is 43.9 Å². The van der Waals surface area contributed by atoms with Crippen molar-refractivity contribution in [3.05, 3.63) is 35.6 Å². The molecule has 0 atom stereocenters. The van der Waals surface area contributed by atoms with E-state index in [2.05, 4.69) is 31.2 Å². The van der Waals surface area contributed by atoms with Gasteiger partial charge in [0.25, 0.3) is 0 Å². The van der Waals surface area contributed by atoms with Crippen LogP contribution >= 0.6 is 0 Å². The van der Waals surface area contributed by atoms with Gasteiger partial charge in [-0.3, -0.25) is 0 Å². The van der Waals surface area contributed by atoms with Gasteiger partial charge in [0.05, 0.1) is 0 Å². The average Bonchev–Trinajstić information content (AvgIpc) is 2.85. The van der Waals surface area contributed by atoms with Crippen molar-refractivity contribution in [2.75, 3.05) is 0 Å². The highest BCUT2D eigenvalue weighted by atomic mass is 16.3. The van der Waals surface area contributed by atoms with Crippen LogP contribution in [0.3, 0.4) is 0 Å². The minimum absolute atomic E-state index is 0.120. The van der Waals surface area contributed by atoms with Crippen molar-refractivity contribution in [1.29, 1.82) is 0 Å². The lowest BCUT2D eigenvalue weighted by atomic mass is 10.1. The van der Waals surface area contributed by atoms with Gasteiger partial charge in [-0.1, -0.05) is 12.1 Å². The Kier molecular flexibility index (Phi) is 2.08. The predicted octanol–water partition coefficient (Wildman–Crippen LogP) is 3.17. The molecule has 84 valence electrons. The zero-order chi connectivity index (χ0) is 11.2. The first-order valence-corrected chi connectivity index (χ1v) is 5.93. The average molecular weight is 215 g/mol. The van der Waals surface area contributed by atoms with Gasteiger partial charge in [-0.15, -0.1) is 0 Å². The second kappa shape index (κ2) is 3.36. The summed E-state index contributed by atoms with van der Waals surface area (Å²) in [5, 5.41) is 1.20. The SMILES string of the molecule is Cc1ccc2cc(CCC3(N)CC3)oc2c1. The molecule has 0 unspecified atom stereocenters. The molecule has 1 saturated carbocycles. The molecule has 2 aromatic rings. The number of nitrogens with two attached hydrogens (primary N) is 1. The Morgan fingerprint density at radius 1 is 1.31 bits per heavy atom. The molecule has 3 rings (SSSR count). The lowest BCUT2D eigenvalue weighted by Crippen LogP contribution is -2.21. The van der Waals surface area contributed by atoms with E-state index in [0.717, 1.165) is 24.2 Å². The first kappa shape index (κ1) is 9.91. The summed E-state index contributed by atoms with van der Waals surface area (Å²) in [6.45, 7) is 2.08. The Balaban J connectivity index is 1.82. The molecule has 1 heterocycles. The first-order chi connectivity index (χ1) is 7.65. The van der Waals surface area contributed by atoms with Crippen LogP contribution < -0.4 is 5.73 Å². The van der Waals surface area contributed by atoms with Gasteiger partial charge < -0.3 is 10.2 Å². The zero-order valence-electron chi connectivity index (χ0n) is 9.62. The van der Waals surface area contributed by atoms with Crippen molar-refractivity contribution < 1.29 is 4.42 Å². The summed E-state index contributed by atoms with van der Waals surface area (Å²) < 4.78 is 5.82. The van der Waals surface area contributed by atoms with Crippen LogP contribution in [0, 0.1) is 6.92 Å². The minimum Gasteiger partial charge on any atom is -0.461 e. The van der Waals surface area contributed by atoms with E-state index >= 15 is 0 Å². The first-order valence-electron chi connectivity index (χ1n) is 5.93. The summed E-state index contributed by atoms with van der Waals surface area (Å²) in [4.78, 5) is 0. The molecular weight excluding hydrogens is 198 g/mol. The van der Waals surface area contributed by atoms with E-state index in [0.29, 0.717) is 0 Å². The van der Waals surface area contributed by atoms with Crippen LogP contribution in [0.2, 0.25) is 0 Å². The normalized spacial score (nSPS) is 17.9. The Morgan fingerprint density at radius 2 is 2.12 bits per heavy atom. The molecule has 1 aromatic heterocycles. The minimum atomic E-state index is 0.120. The lowest BCUT2D eigenvalue weighted by Gasteiger charge is -2.04. The predicted molar refractivity (Wildman–Crippen MR) is 65.4 cm³/mol. The summed E-state index contributed by atoms with van der Waals surface area (Å²) in [5.41, 5.74) is 8.43. The van der Waals surface area contributed by atoms with Crippen molar-refractivity contribution in [1.82, 2.24) is 0 Å². The summed E-state index contributed by atoms with van der Waals surface area (Å²) in [7, 11) is 0. The maximum absolute atomic E-state index is 6.07. The molecule has 2 nitrogen and oxygen atoms in total. The van der Waals surface area contributed by atoms with Gasteiger partial charge in [0.15, 0.2) is 0 Å². The Morgan fingerprint density at radius 3 is 2.88 bits per heavy atom. The van der Waals surface area contributed by atoms with Gasteiger partial charge >= 0.3 is 0 Å².